The zero-order chi connectivity index (χ0) is 13.0. The Balaban J connectivity index is 2.13. The van der Waals surface area contributed by atoms with Gasteiger partial charge in [0, 0.05) is 13.1 Å². The predicted molar refractivity (Wildman–Crippen MR) is 75.1 cm³/mol. The Labute approximate surface area is 109 Å². The molecule has 1 heterocycles. The van der Waals surface area contributed by atoms with Gasteiger partial charge in [0.05, 0.1) is 12.8 Å². The van der Waals surface area contributed by atoms with E-state index in [2.05, 4.69) is 16.9 Å². The first-order chi connectivity index (χ1) is 8.72. The number of nitrogens with zero attached hydrogens (tertiary/aromatic N) is 2. The highest BCUT2D eigenvalue weighted by Gasteiger charge is 2.18. The number of anilines is 2. The first-order valence-corrected chi connectivity index (χ1v) is 6.75. The molecule has 0 aliphatic heterocycles. The maximum Gasteiger partial charge on any atom is 0.238 e. The van der Waals surface area contributed by atoms with Crippen molar-refractivity contribution in [3.05, 3.63) is 12.1 Å². The van der Waals surface area contributed by atoms with Crippen LogP contribution in [0.15, 0.2) is 12.1 Å². The zero-order valence-electron chi connectivity index (χ0n) is 11.4. The lowest BCUT2D eigenvalue weighted by molar-refractivity contribution is 0.399. The largest absolute Gasteiger partial charge is 0.479 e. The summed E-state index contributed by atoms with van der Waals surface area (Å²) in [4.78, 5) is 6.75. The molecule has 18 heavy (non-hydrogen) atoms. The van der Waals surface area contributed by atoms with Crippen LogP contribution in [0.3, 0.4) is 0 Å². The zero-order valence-corrected chi connectivity index (χ0v) is 11.4. The van der Waals surface area contributed by atoms with Crippen molar-refractivity contribution in [2.75, 3.05) is 24.8 Å². The molecule has 0 unspecified atom stereocenters. The lowest BCUT2D eigenvalue weighted by atomic mass is 10.1. The van der Waals surface area contributed by atoms with Gasteiger partial charge in [0.2, 0.25) is 5.88 Å². The van der Waals surface area contributed by atoms with E-state index in [0.717, 1.165) is 5.82 Å². The Morgan fingerprint density at radius 2 is 1.89 bits per heavy atom. The third-order valence-corrected chi connectivity index (χ3v) is 3.80. The minimum atomic E-state index is 0.521. The smallest absolute Gasteiger partial charge is 0.238 e. The lowest BCUT2D eigenvalue weighted by Gasteiger charge is -2.28. The van der Waals surface area contributed by atoms with Crippen molar-refractivity contribution in [2.24, 2.45) is 0 Å². The van der Waals surface area contributed by atoms with Crippen LogP contribution in [-0.4, -0.2) is 25.2 Å². The summed E-state index contributed by atoms with van der Waals surface area (Å²) in [6.07, 6.45) is 7.88. The fourth-order valence-corrected chi connectivity index (χ4v) is 2.63. The summed E-state index contributed by atoms with van der Waals surface area (Å²) in [7, 11) is 3.72. The van der Waals surface area contributed by atoms with E-state index in [0.29, 0.717) is 17.6 Å². The molecule has 1 aromatic heterocycles. The van der Waals surface area contributed by atoms with E-state index in [1.54, 1.807) is 7.11 Å². The molecule has 1 fully saturated rings. The molecule has 1 aliphatic carbocycles. The number of methoxy groups -OCH3 is 1. The van der Waals surface area contributed by atoms with E-state index < -0.39 is 0 Å². The van der Waals surface area contributed by atoms with Gasteiger partial charge in [-0.2, -0.15) is 4.98 Å². The van der Waals surface area contributed by atoms with Gasteiger partial charge >= 0.3 is 0 Å². The number of aromatic nitrogens is 1. The summed E-state index contributed by atoms with van der Waals surface area (Å²) in [6, 6.07) is 4.44. The average Bonchev–Trinajstić information content (AvgIpc) is 2.67. The van der Waals surface area contributed by atoms with Gasteiger partial charge in [-0.1, -0.05) is 25.7 Å². The Morgan fingerprint density at radius 1 is 1.22 bits per heavy atom. The van der Waals surface area contributed by atoms with Crippen molar-refractivity contribution >= 4 is 11.5 Å². The van der Waals surface area contributed by atoms with Gasteiger partial charge in [-0.15, -0.1) is 0 Å². The summed E-state index contributed by atoms with van der Waals surface area (Å²) >= 11 is 0. The highest BCUT2D eigenvalue weighted by Crippen LogP contribution is 2.27. The Kier molecular flexibility index (Phi) is 4.28. The molecule has 4 nitrogen and oxygen atoms in total. The highest BCUT2D eigenvalue weighted by atomic mass is 16.5. The molecule has 0 amide bonds. The van der Waals surface area contributed by atoms with Gasteiger partial charge in [-0.05, 0) is 25.0 Å². The number of hydrogen-bond donors (Lipinski definition) is 1. The van der Waals surface area contributed by atoms with Crippen LogP contribution < -0.4 is 15.4 Å². The van der Waals surface area contributed by atoms with Crippen LogP contribution in [0.5, 0.6) is 5.88 Å². The Hall–Kier alpha value is -1.45. The molecule has 0 bridgehead atoms. The summed E-state index contributed by atoms with van der Waals surface area (Å²) in [6.45, 7) is 0. The third kappa shape index (κ3) is 2.86. The van der Waals surface area contributed by atoms with E-state index in [-0.39, 0.29) is 0 Å². The van der Waals surface area contributed by atoms with Crippen LogP contribution >= 0.6 is 0 Å². The molecule has 1 saturated carbocycles. The number of ether oxygens (including phenoxy) is 1. The third-order valence-electron chi connectivity index (χ3n) is 3.80. The predicted octanol–water partition coefficient (Wildman–Crippen LogP) is 2.83. The van der Waals surface area contributed by atoms with Gasteiger partial charge in [-0.25, -0.2) is 0 Å². The van der Waals surface area contributed by atoms with E-state index in [1.165, 1.54) is 38.5 Å². The van der Waals surface area contributed by atoms with E-state index in [1.807, 2.05) is 12.1 Å². The molecule has 4 heteroatoms. The summed E-state index contributed by atoms with van der Waals surface area (Å²) in [5.41, 5.74) is 6.39. The van der Waals surface area contributed by atoms with Crippen LogP contribution in [-0.2, 0) is 0 Å². The summed E-state index contributed by atoms with van der Waals surface area (Å²) < 4.78 is 5.19. The molecular weight excluding hydrogens is 226 g/mol. The molecule has 0 spiro atoms. The maximum absolute atomic E-state index is 5.80. The molecule has 2 N–H and O–H groups in total. The number of nitrogens with two attached hydrogens (primary N) is 1. The SMILES string of the molecule is COc1nc(N(C)C2CCCCCC2)ccc1N. The van der Waals surface area contributed by atoms with Crippen molar-refractivity contribution in [2.45, 2.75) is 44.6 Å². The molecule has 0 atom stereocenters. The van der Waals surface area contributed by atoms with Crippen LogP contribution in [0.4, 0.5) is 11.5 Å². The second kappa shape index (κ2) is 5.94. The molecular formula is C14H23N3O. The second-order valence-electron chi connectivity index (χ2n) is 5.02. The quantitative estimate of drug-likeness (QED) is 0.837. The number of pyridine rings is 1. The van der Waals surface area contributed by atoms with Crippen LogP contribution in [0, 0.1) is 0 Å². The Morgan fingerprint density at radius 3 is 2.50 bits per heavy atom. The van der Waals surface area contributed by atoms with Crippen LogP contribution in [0.1, 0.15) is 38.5 Å². The van der Waals surface area contributed by atoms with Crippen LogP contribution in [0.2, 0.25) is 0 Å². The topological polar surface area (TPSA) is 51.4 Å². The molecule has 100 valence electrons. The highest BCUT2D eigenvalue weighted by molar-refractivity contribution is 5.54. The Bertz CT molecular complexity index is 387. The maximum atomic E-state index is 5.80. The number of rotatable bonds is 3. The van der Waals surface area contributed by atoms with Gasteiger partial charge in [-0.3, -0.25) is 0 Å². The van der Waals surface area contributed by atoms with Crippen molar-refractivity contribution in [3.63, 3.8) is 0 Å². The van der Waals surface area contributed by atoms with Gasteiger partial charge in [0.25, 0.3) is 0 Å². The van der Waals surface area contributed by atoms with Crippen molar-refractivity contribution in [3.8, 4) is 5.88 Å². The molecule has 1 aliphatic rings. The molecule has 0 aromatic carbocycles. The normalized spacial score (nSPS) is 17.2. The lowest BCUT2D eigenvalue weighted by Crippen LogP contribution is -2.31. The fraction of sp³-hybridized carbons (Fsp3) is 0.643. The van der Waals surface area contributed by atoms with E-state index in [9.17, 15) is 0 Å². The second-order valence-corrected chi connectivity index (χ2v) is 5.02. The van der Waals surface area contributed by atoms with Gasteiger partial charge in [0.15, 0.2) is 0 Å². The van der Waals surface area contributed by atoms with Crippen LogP contribution in [0.25, 0.3) is 0 Å². The fourth-order valence-electron chi connectivity index (χ4n) is 2.63. The first-order valence-electron chi connectivity index (χ1n) is 6.75. The standard InChI is InChI=1S/C14H23N3O/c1-17(11-7-5-3-4-6-8-11)13-10-9-12(15)14(16-13)18-2/h9-11H,3-8,15H2,1-2H3. The van der Waals surface area contributed by atoms with Crippen molar-refractivity contribution in [1.82, 2.24) is 4.98 Å². The summed E-state index contributed by atoms with van der Waals surface area (Å²) in [5, 5.41) is 0. The molecule has 1 aromatic rings. The van der Waals surface area contributed by atoms with Crippen molar-refractivity contribution < 1.29 is 4.74 Å². The minimum Gasteiger partial charge on any atom is -0.479 e. The molecule has 2 rings (SSSR count). The molecule has 0 saturated heterocycles. The first kappa shape index (κ1) is 13.0. The monoisotopic (exact) mass is 249 g/mol. The summed E-state index contributed by atoms with van der Waals surface area (Å²) in [5.74, 6) is 1.47. The number of nitrogen functional groups attached to an aromatic ring is 1. The molecule has 0 radical (unpaired) electrons. The average molecular weight is 249 g/mol. The van der Waals surface area contributed by atoms with Gasteiger partial charge < -0.3 is 15.4 Å². The minimum absolute atomic E-state index is 0.521. The van der Waals surface area contributed by atoms with Crippen molar-refractivity contribution in [1.29, 1.82) is 0 Å². The van der Waals surface area contributed by atoms with Gasteiger partial charge in [0.1, 0.15) is 5.82 Å². The number of hydrogen-bond acceptors (Lipinski definition) is 4. The van der Waals surface area contributed by atoms with E-state index in [4.69, 9.17) is 10.5 Å². The van der Waals surface area contributed by atoms with E-state index >= 15 is 0 Å².